The van der Waals surface area contributed by atoms with Crippen LogP contribution in [0.25, 0.3) is 10.9 Å². The zero-order valence-electron chi connectivity index (χ0n) is 17.9. The van der Waals surface area contributed by atoms with Crippen LogP contribution in [0.1, 0.15) is 22.6 Å². The molecule has 0 aliphatic heterocycles. The molecular formula is C25H26N4O2. The highest BCUT2D eigenvalue weighted by molar-refractivity contribution is 5.91. The summed E-state index contributed by atoms with van der Waals surface area (Å²) in [5, 5.41) is 7.11. The molecule has 158 valence electrons. The van der Waals surface area contributed by atoms with E-state index in [1.165, 1.54) is 5.39 Å². The van der Waals surface area contributed by atoms with Crippen LogP contribution < -0.4 is 15.4 Å². The molecule has 0 saturated heterocycles. The lowest BCUT2D eigenvalue weighted by molar-refractivity contribution is 0.251. The van der Waals surface area contributed by atoms with Crippen molar-refractivity contribution in [2.24, 2.45) is 7.05 Å². The van der Waals surface area contributed by atoms with Crippen molar-refractivity contribution in [3.63, 3.8) is 0 Å². The van der Waals surface area contributed by atoms with Gasteiger partial charge in [-0.2, -0.15) is 0 Å². The van der Waals surface area contributed by atoms with E-state index in [-0.39, 0.29) is 11.9 Å². The zero-order chi connectivity index (χ0) is 21.8. The molecule has 2 aromatic carbocycles. The van der Waals surface area contributed by atoms with E-state index in [0.717, 1.165) is 22.2 Å². The molecule has 4 aromatic rings. The highest BCUT2D eigenvalue weighted by atomic mass is 16.5. The molecule has 1 unspecified atom stereocenters. The SMILES string of the molecule is COc1ccc(C)cc1NC(=O)NCC(c1cccnc1)c1cn(C)c2ccccc12. The molecule has 0 fully saturated rings. The van der Waals surface area contributed by atoms with Crippen LogP contribution in [-0.2, 0) is 7.05 Å². The fourth-order valence-corrected chi connectivity index (χ4v) is 3.92. The monoisotopic (exact) mass is 414 g/mol. The number of hydrogen-bond donors (Lipinski definition) is 2. The lowest BCUT2D eigenvalue weighted by Gasteiger charge is -2.18. The number of aromatic nitrogens is 2. The lowest BCUT2D eigenvalue weighted by atomic mass is 9.92. The molecule has 2 amide bonds. The number of amides is 2. The first kappa shape index (κ1) is 20.5. The van der Waals surface area contributed by atoms with Crippen molar-refractivity contribution in [2.75, 3.05) is 19.0 Å². The van der Waals surface area contributed by atoms with E-state index in [2.05, 4.69) is 38.5 Å². The Kier molecular flexibility index (Phi) is 5.89. The Morgan fingerprint density at radius 1 is 1.16 bits per heavy atom. The summed E-state index contributed by atoms with van der Waals surface area (Å²) in [4.78, 5) is 17.0. The molecule has 31 heavy (non-hydrogen) atoms. The van der Waals surface area contributed by atoms with Crippen LogP contribution in [0.3, 0.4) is 0 Å². The van der Waals surface area contributed by atoms with Crippen molar-refractivity contribution in [3.8, 4) is 5.75 Å². The van der Waals surface area contributed by atoms with Crippen molar-refractivity contribution >= 4 is 22.6 Å². The van der Waals surface area contributed by atoms with Gasteiger partial charge in [0.15, 0.2) is 0 Å². The van der Waals surface area contributed by atoms with Crippen LogP contribution in [0.5, 0.6) is 5.75 Å². The minimum Gasteiger partial charge on any atom is -0.495 e. The molecule has 2 aromatic heterocycles. The average Bonchev–Trinajstić information content (AvgIpc) is 3.11. The van der Waals surface area contributed by atoms with Gasteiger partial charge in [0.1, 0.15) is 5.75 Å². The van der Waals surface area contributed by atoms with Gasteiger partial charge in [0, 0.05) is 49.0 Å². The third-order valence-corrected chi connectivity index (χ3v) is 5.46. The number of anilines is 1. The number of nitrogens with one attached hydrogen (secondary N) is 2. The highest BCUT2D eigenvalue weighted by Gasteiger charge is 2.20. The van der Waals surface area contributed by atoms with Crippen LogP contribution in [-0.4, -0.2) is 29.2 Å². The maximum absolute atomic E-state index is 12.7. The van der Waals surface area contributed by atoms with Crippen LogP contribution >= 0.6 is 0 Å². The molecule has 0 aliphatic carbocycles. The number of methoxy groups -OCH3 is 1. The molecule has 1 atom stereocenters. The van der Waals surface area contributed by atoms with E-state index in [9.17, 15) is 4.79 Å². The van der Waals surface area contributed by atoms with Gasteiger partial charge in [0.2, 0.25) is 0 Å². The van der Waals surface area contributed by atoms with E-state index in [1.54, 1.807) is 13.3 Å². The number of hydrogen-bond acceptors (Lipinski definition) is 3. The first-order chi connectivity index (χ1) is 15.1. The van der Waals surface area contributed by atoms with Gasteiger partial charge in [-0.25, -0.2) is 4.79 Å². The minimum absolute atomic E-state index is 0.0371. The summed E-state index contributed by atoms with van der Waals surface area (Å²) in [5.41, 5.74) is 5.04. The van der Waals surface area contributed by atoms with Crippen LogP contribution in [0.4, 0.5) is 10.5 Å². The number of rotatable bonds is 6. The average molecular weight is 415 g/mol. The number of ether oxygens (including phenoxy) is 1. The first-order valence-corrected chi connectivity index (χ1v) is 10.2. The smallest absolute Gasteiger partial charge is 0.319 e. The summed E-state index contributed by atoms with van der Waals surface area (Å²) >= 11 is 0. The second-order valence-electron chi connectivity index (χ2n) is 7.59. The number of aryl methyl sites for hydroxylation is 2. The van der Waals surface area contributed by atoms with E-state index in [1.807, 2.05) is 62.6 Å². The standard InChI is InChI=1S/C25H26N4O2/c1-17-10-11-24(31-3)22(13-17)28-25(30)27-15-20(18-7-6-12-26-14-18)21-16-29(2)23-9-5-4-8-19(21)23/h4-14,16,20H,15H2,1-3H3,(H2,27,28,30). The number of para-hydroxylation sites is 1. The number of pyridine rings is 1. The maximum atomic E-state index is 12.7. The highest BCUT2D eigenvalue weighted by Crippen LogP contribution is 2.31. The Bertz CT molecular complexity index is 1200. The number of carbonyl (C=O) groups excluding carboxylic acids is 1. The topological polar surface area (TPSA) is 68.2 Å². The van der Waals surface area contributed by atoms with Crippen molar-refractivity contribution in [1.29, 1.82) is 0 Å². The van der Waals surface area contributed by atoms with E-state index >= 15 is 0 Å². The van der Waals surface area contributed by atoms with Gasteiger partial charge in [-0.05, 0) is 47.9 Å². The van der Waals surface area contributed by atoms with Gasteiger partial charge in [0.05, 0.1) is 12.8 Å². The summed E-state index contributed by atoms with van der Waals surface area (Å²) in [5.74, 6) is 0.587. The molecule has 6 nitrogen and oxygen atoms in total. The molecule has 0 saturated carbocycles. The molecule has 2 N–H and O–H groups in total. The number of nitrogens with zero attached hydrogens (tertiary/aromatic N) is 2. The quantitative estimate of drug-likeness (QED) is 0.474. The van der Waals surface area contributed by atoms with Crippen molar-refractivity contribution < 1.29 is 9.53 Å². The summed E-state index contributed by atoms with van der Waals surface area (Å²) in [6, 6.07) is 17.7. The Balaban J connectivity index is 1.59. The van der Waals surface area contributed by atoms with Gasteiger partial charge in [-0.3, -0.25) is 4.98 Å². The summed E-state index contributed by atoms with van der Waals surface area (Å²) in [6.45, 7) is 2.40. The molecule has 4 rings (SSSR count). The third kappa shape index (κ3) is 4.38. The van der Waals surface area contributed by atoms with Crippen LogP contribution in [0, 0.1) is 6.92 Å². The maximum Gasteiger partial charge on any atom is 0.319 e. The summed E-state index contributed by atoms with van der Waals surface area (Å²) < 4.78 is 7.48. The van der Waals surface area contributed by atoms with Gasteiger partial charge >= 0.3 is 6.03 Å². The van der Waals surface area contributed by atoms with Crippen LogP contribution in [0.15, 0.2) is 73.2 Å². The van der Waals surface area contributed by atoms with Gasteiger partial charge in [-0.15, -0.1) is 0 Å². The molecule has 2 heterocycles. The Morgan fingerprint density at radius 2 is 2.00 bits per heavy atom. The minimum atomic E-state index is -0.280. The predicted octanol–water partition coefficient (Wildman–Crippen LogP) is 4.84. The van der Waals surface area contributed by atoms with Crippen molar-refractivity contribution in [3.05, 3.63) is 89.9 Å². The number of carbonyl (C=O) groups is 1. The number of urea groups is 1. The molecular weight excluding hydrogens is 388 g/mol. The van der Waals surface area contributed by atoms with Crippen molar-refractivity contribution in [1.82, 2.24) is 14.9 Å². The van der Waals surface area contributed by atoms with Crippen LogP contribution in [0.2, 0.25) is 0 Å². The fourth-order valence-electron chi connectivity index (χ4n) is 3.92. The largest absolute Gasteiger partial charge is 0.495 e. The van der Waals surface area contributed by atoms with Crippen molar-refractivity contribution in [2.45, 2.75) is 12.8 Å². The molecule has 0 spiro atoms. The second-order valence-corrected chi connectivity index (χ2v) is 7.59. The predicted molar refractivity (Wildman–Crippen MR) is 124 cm³/mol. The van der Waals surface area contributed by atoms with E-state index in [0.29, 0.717) is 18.0 Å². The second kappa shape index (κ2) is 8.92. The number of fused-ring (bicyclic) bond motifs is 1. The molecule has 0 bridgehead atoms. The lowest BCUT2D eigenvalue weighted by Crippen LogP contribution is -2.33. The normalized spacial score (nSPS) is 11.8. The van der Waals surface area contributed by atoms with Gasteiger partial charge < -0.3 is 19.9 Å². The summed E-state index contributed by atoms with van der Waals surface area (Å²) in [6.07, 6.45) is 5.74. The Hall–Kier alpha value is -3.80. The molecule has 0 radical (unpaired) electrons. The Labute approximate surface area is 181 Å². The third-order valence-electron chi connectivity index (χ3n) is 5.46. The zero-order valence-corrected chi connectivity index (χ0v) is 17.9. The Morgan fingerprint density at radius 3 is 2.77 bits per heavy atom. The number of benzene rings is 2. The summed E-state index contributed by atoms with van der Waals surface area (Å²) in [7, 11) is 3.63. The van der Waals surface area contributed by atoms with E-state index < -0.39 is 0 Å². The molecule has 6 heteroatoms. The first-order valence-electron chi connectivity index (χ1n) is 10.2. The van der Waals surface area contributed by atoms with Gasteiger partial charge in [-0.1, -0.05) is 30.3 Å². The fraction of sp³-hybridized carbons (Fsp3) is 0.200. The van der Waals surface area contributed by atoms with E-state index in [4.69, 9.17) is 4.74 Å². The molecule has 0 aliphatic rings. The van der Waals surface area contributed by atoms with Gasteiger partial charge in [0.25, 0.3) is 0 Å².